The number of hydrogen-bond donors (Lipinski definition) is 1. The van der Waals surface area contributed by atoms with Crippen molar-refractivity contribution in [2.75, 3.05) is 18.5 Å². The topological polar surface area (TPSA) is 71.3 Å². The van der Waals surface area contributed by atoms with Gasteiger partial charge < -0.3 is 14.8 Å². The van der Waals surface area contributed by atoms with Crippen LogP contribution in [0.4, 0.5) is 5.00 Å². The predicted molar refractivity (Wildman–Crippen MR) is 105 cm³/mol. The lowest BCUT2D eigenvalue weighted by molar-refractivity contribution is 0.102. The molecule has 2 aromatic carbocycles. The van der Waals surface area contributed by atoms with Gasteiger partial charge in [-0.05, 0) is 30.7 Å². The largest absolute Gasteiger partial charge is 0.486 e. The maximum absolute atomic E-state index is 12.7. The van der Waals surface area contributed by atoms with Gasteiger partial charge in [0, 0.05) is 16.0 Å². The van der Waals surface area contributed by atoms with E-state index in [1.807, 2.05) is 37.3 Å². The average Bonchev–Trinajstić information content (AvgIpc) is 3.02. The molecule has 134 valence electrons. The molecule has 1 aliphatic rings. The highest BCUT2D eigenvalue weighted by Gasteiger charge is 2.20. The van der Waals surface area contributed by atoms with Crippen LogP contribution in [0.3, 0.4) is 0 Å². The number of nitriles is 1. The van der Waals surface area contributed by atoms with Crippen LogP contribution in [0.25, 0.3) is 11.1 Å². The molecule has 2 heterocycles. The number of aryl methyl sites for hydroxylation is 1. The molecule has 5 nitrogen and oxygen atoms in total. The van der Waals surface area contributed by atoms with Gasteiger partial charge >= 0.3 is 0 Å². The summed E-state index contributed by atoms with van der Waals surface area (Å²) in [6, 6.07) is 17.0. The van der Waals surface area contributed by atoms with E-state index in [2.05, 4.69) is 11.4 Å². The zero-order valence-corrected chi connectivity index (χ0v) is 15.4. The normalized spacial score (nSPS) is 12.3. The number of carbonyl (C=O) groups is 1. The molecule has 1 aliphatic heterocycles. The standard InChI is InChI=1S/C21H16N2O3S/c1-13-19(14-5-3-2-4-6-14)16(12-22)21(27-13)23-20(24)15-7-8-17-18(11-15)26-10-9-25-17/h2-8,11H,9-10H2,1H3,(H,23,24). The van der Waals surface area contributed by atoms with Crippen molar-refractivity contribution in [3.05, 3.63) is 64.5 Å². The Kier molecular flexibility index (Phi) is 4.53. The van der Waals surface area contributed by atoms with Crippen LogP contribution in [0.15, 0.2) is 48.5 Å². The van der Waals surface area contributed by atoms with E-state index >= 15 is 0 Å². The summed E-state index contributed by atoms with van der Waals surface area (Å²) in [7, 11) is 0. The highest BCUT2D eigenvalue weighted by Crippen LogP contribution is 2.39. The molecule has 0 spiro atoms. The molecular formula is C21H16N2O3S. The number of benzene rings is 2. The van der Waals surface area contributed by atoms with Gasteiger partial charge in [-0.15, -0.1) is 11.3 Å². The summed E-state index contributed by atoms with van der Waals surface area (Å²) >= 11 is 1.40. The molecule has 0 radical (unpaired) electrons. The van der Waals surface area contributed by atoms with Crippen LogP contribution in [0.2, 0.25) is 0 Å². The fraction of sp³-hybridized carbons (Fsp3) is 0.143. The third kappa shape index (κ3) is 3.25. The lowest BCUT2D eigenvalue weighted by atomic mass is 10.0. The Morgan fingerprint density at radius 1 is 1.11 bits per heavy atom. The van der Waals surface area contributed by atoms with E-state index in [0.717, 1.165) is 16.0 Å². The first kappa shape index (κ1) is 17.1. The van der Waals surface area contributed by atoms with E-state index < -0.39 is 0 Å². The van der Waals surface area contributed by atoms with Gasteiger partial charge in [0.25, 0.3) is 5.91 Å². The first-order valence-electron chi connectivity index (χ1n) is 8.47. The number of anilines is 1. The summed E-state index contributed by atoms with van der Waals surface area (Å²) in [5, 5.41) is 13.1. The number of ether oxygens (including phenoxy) is 2. The van der Waals surface area contributed by atoms with Crippen LogP contribution in [0, 0.1) is 18.3 Å². The second-order valence-electron chi connectivity index (χ2n) is 6.03. The Bertz CT molecular complexity index is 1050. The minimum Gasteiger partial charge on any atom is -0.486 e. The van der Waals surface area contributed by atoms with Gasteiger partial charge in [-0.1, -0.05) is 30.3 Å². The average molecular weight is 376 g/mol. The van der Waals surface area contributed by atoms with Crippen molar-refractivity contribution in [1.82, 2.24) is 0 Å². The van der Waals surface area contributed by atoms with Crippen molar-refractivity contribution in [3.8, 4) is 28.7 Å². The molecule has 0 saturated carbocycles. The van der Waals surface area contributed by atoms with Crippen molar-refractivity contribution in [1.29, 1.82) is 5.26 Å². The summed E-state index contributed by atoms with van der Waals surface area (Å²) in [5.41, 5.74) is 2.76. The van der Waals surface area contributed by atoms with Crippen molar-refractivity contribution >= 4 is 22.2 Å². The van der Waals surface area contributed by atoms with Gasteiger partial charge in [-0.2, -0.15) is 5.26 Å². The van der Waals surface area contributed by atoms with Crippen molar-refractivity contribution in [2.45, 2.75) is 6.92 Å². The van der Waals surface area contributed by atoms with E-state index in [0.29, 0.717) is 40.8 Å². The Labute approximate surface area is 160 Å². The SMILES string of the molecule is Cc1sc(NC(=O)c2ccc3c(c2)OCCO3)c(C#N)c1-c1ccccc1. The zero-order chi connectivity index (χ0) is 18.8. The monoisotopic (exact) mass is 376 g/mol. The van der Waals surface area contributed by atoms with Crippen LogP contribution in [0.5, 0.6) is 11.5 Å². The van der Waals surface area contributed by atoms with Crippen LogP contribution < -0.4 is 14.8 Å². The maximum atomic E-state index is 12.7. The minimum atomic E-state index is -0.288. The summed E-state index contributed by atoms with van der Waals surface area (Å²) < 4.78 is 11.0. The molecule has 0 aliphatic carbocycles. The Hall–Kier alpha value is -3.30. The van der Waals surface area contributed by atoms with Crippen LogP contribution >= 0.6 is 11.3 Å². The van der Waals surface area contributed by atoms with Crippen molar-refractivity contribution in [2.24, 2.45) is 0 Å². The molecule has 0 fully saturated rings. The first-order chi connectivity index (χ1) is 13.2. The Balaban J connectivity index is 1.65. The van der Waals surface area contributed by atoms with Crippen molar-refractivity contribution in [3.63, 3.8) is 0 Å². The van der Waals surface area contributed by atoms with Gasteiger partial charge in [0.2, 0.25) is 0 Å². The number of hydrogen-bond acceptors (Lipinski definition) is 5. The van der Waals surface area contributed by atoms with Gasteiger partial charge in [0.15, 0.2) is 11.5 Å². The predicted octanol–water partition coefficient (Wildman–Crippen LogP) is 4.62. The molecule has 3 aromatic rings. The molecule has 0 unspecified atom stereocenters. The maximum Gasteiger partial charge on any atom is 0.256 e. The molecule has 0 saturated heterocycles. The van der Waals surface area contributed by atoms with Crippen LogP contribution in [0.1, 0.15) is 20.8 Å². The highest BCUT2D eigenvalue weighted by molar-refractivity contribution is 7.17. The third-order valence-corrected chi connectivity index (χ3v) is 5.31. The molecule has 1 aromatic heterocycles. The van der Waals surface area contributed by atoms with E-state index in [1.54, 1.807) is 18.2 Å². The van der Waals surface area contributed by atoms with Crippen LogP contribution in [-0.4, -0.2) is 19.1 Å². The zero-order valence-electron chi connectivity index (χ0n) is 14.6. The van der Waals surface area contributed by atoms with E-state index in [-0.39, 0.29) is 5.91 Å². The van der Waals surface area contributed by atoms with E-state index in [1.165, 1.54) is 11.3 Å². The third-order valence-electron chi connectivity index (χ3n) is 4.29. The Morgan fingerprint density at radius 2 is 1.85 bits per heavy atom. The summed E-state index contributed by atoms with van der Waals surface area (Å²) in [6.45, 7) is 2.91. The molecular weight excluding hydrogens is 360 g/mol. The first-order valence-corrected chi connectivity index (χ1v) is 9.29. The number of nitrogens with one attached hydrogen (secondary N) is 1. The van der Waals surface area contributed by atoms with Gasteiger partial charge in [0.05, 0.1) is 5.56 Å². The molecule has 4 rings (SSSR count). The molecule has 27 heavy (non-hydrogen) atoms. The fourth-order valence-corrected chi connectivity index (χ4v) is 4.07. The molecule has 0 atom stereocenters. The molecule has 1 amide bonds. The quantitative estimate of drug-likeness (QED) is 0.724. The number of carbonyl (C=O) groups excluding carboxylic acids is 1. The van der Waals surface area contributed by atoms with Gasteiger partial charge in [-0.3, -0.25) is 4.79 Å². The number of thiophene rings is 1. The van der Waals surface area contributed by atoms with Crippen molar-refractivity contribution < 1.29 is 14.3 Å². The lowest BCUT2D eigenvalue weighted by Crippen LogP contribution is -2.17. The molecule has 6 heteroatoms. The second kappa shape index (κ2) is 7.14. The summed E-state index contributed by atoms with van der Waals surface area (Å²) in [6.07, 6.45) is 0. The van der Waals surface area contributed by atoms with Gasteiger partial charge in [0.1, 0.15) is 24.3 Å². The number of fused-ring (bicyclic) bond motifs is 1. The Morgan fingerprint density at radius 3 is 2.59 bits per heavy atom. The number of amides is 1. The van der Waals surface area contributed by atoms with E-state index in [9.17, 15) is 10.1 Å². The fourth-order valence-electron chi connectivity index (χ4n) is 3.05. The summed E-state index contributed by atoms with van der Waals surface area (Å²) in [5.74, 6) is 0.903. The molecule has 0 bridgehead atoms. The summed E-state index contributed by atoms with van der Waals surface area (Å²) in [4.78, 5) is 13.7. The van der Waals surface area contributed by atoms with E-state index in [4.69, 9.17) is 9.47 Å². The van der Waals surface area contributed by atoms with Gasteiger partial charge in [-0.25, -0.2) is 0 Å². The lowest BCUT2D eigenvalue weighted by Gasteiger charge is -2.18. The number of nitrogens with zero attached hydrogens (tertiary/aromatic N) is 1. The minimum absolute atomic E-state index is 0.288. The smallest absolute Gasteiger partial charge is 0.256 e. The van der Waals surface area contributed by atoms with Crippen LogP contribution in [-0.2, 0) is 0 Å². The highest BCUT2D eigenvalue weighted by atomic mass is 32.1. The second-order valence-corrected chi connectivity index (χ2v) is 7.25. The number of rotatable bonds is 3. The molecule has 1 N–H and O–H groups in total.